The van der Waals surface area contributed by atoms with Crippen LogP contribution in [0, 0.1) is 5.41 Å². The van der Waals surface area contributed by atoms with E-state index in [4.69, 9.17) is 18.0 Å². The Bertz CT molecular complexity index is 601. The maximum atomic E-state index is 12.5. The Hall–Kier alpha value is -0.990. The van der Waals surface area contributed by atoms with Gasteiger partial charge in [-0.25, -0.2) is 13.4 Å². The first kappa shape index (κ1) is 15.4. The van der Waals surface area contributed by atoms with Crippen molar-refractivity contribution in [1.82, 2.24) is 14.3 Å². The Kier molecular flexibility index (Phi) is 4.17. The average Bonchev–Trinajstić information content (AvgIpc) is 2.88. The number of hydrogen-bond donors (Lipinski definition) is 2. The number of H-pyrrole nitrogens is 1. The van der Waals surface area contributed by atoms with Crippen LogP contribution < -0.4 is 5.73 Å². The number of aromatic nitrogens is 2. The number of nitrogens with two attached hydrogens (primary N) is 1. The highest BCUT2D eigenvalue weighted by Crippen LogP contribution is 2.33. The van der Waals surface area contributed by atoms with E-state index in [9.17, 15) is 8.42 Å². The van der Waals surface area contributed by atoms with Gasteiger partial charge in [-0.1, -0.05) is 26.1 Å². The fourth-order valence-corrected chi connectivity index (χ4v) is 3.84. The second-order valence-electron chi connectivity index (χ2n) is 5.38. The number of nitrogens with one attached hydrogen (secondary N) is 1. The monoisotopic (exact) mass is 316 g/mol. The van der Waals surface area contributed by atoms with Crippen LogP contribution in [0.4, 0.5) is 0 Å². The van der Waals surface area contributed by atoms with Crippen LogP contribution >= 0.6 is 12.2 Å². The molecule has 1 aliphatic rings. The molecular formula is C12H20N4O2S2. The summed E-state index contributed by atoms with van der Waals surface area (Å²) in [5.41, 5.74) is 5.49. The number of imidazole rings is 1. The summed E-state index contributed by atoms with van der Waals surface area (Å²) in [4.78, 5) is 7.37. The Morgan fingerprint density at radius 3 is 2.60 bits per heavy atom. The molecule has 0 amide bonds. The summed E-state index contributed by atoms with van der Waals surface area (Å²) in [6.45, 7) is 4.77. The van der Waals surface area contributed by atoms with Gasteiger partial charge in [0, 0.05) is 24.9 Å². The van der Waals surface area contributed by atoms with E-state index in [0.717, 1.165) is 0 Å². The molecule has 0 spiro atoms. The molecule has 0 atom stereocenters. The Labute approximate surface area is 124 Å². The second kappa shape index (κ2) is 5.42. The van der Waals surface area contributed by atoms with Crippen LogP contribution in [0.5, 0.6) is 0 Å². The van der Waals surface area contributed by atoms with Gasteiger partial charge in [-0.2, -0.15) is 4.31 Å². The zero-order valence-electron chi connectivity index (χ0n) is 11.7. The Morgan fingerprint density at radius 2 is 2.15 bits per heavy atom. The van der Waals surface area contributed by atoms with E-state index in [-0.39, 0.29) is 10.4 Å². The molecule has 6 nitrogen and oxygen atoms in total. The third kappa shape index (κ3) is 2.72. The summed E-state index contributed by atoms with van der Waals surface area (Å²) in [5.74, 6) is 0.675. The topological polar surface area (TPSA) is 92.1 Å². The Balaban J connectivity index is 2.15. The lowest BCUT2D eigenvalue weighted by atomic mass is 9.81. The summed E-state index contributed by atoms with van der Waals surface area (Å²) in [7, 11) is -3.50. The lowest BCUT2D eigenvalue weighted by Crippen LogP contribution is -2.46. The van der Waals surface area contributed by atoms with Crippen LogP contribution in [0.25, 0.3) is 0 Å². The quantitative estimate of drug-likeness (QED) is 0.810. The standard InChI is InChI=1S/C12H20N4O2S2/c1-3-9-14-8-10(15-9)20(17,18)16-6-4-12(2,5-7-16)11(13)19/h8H,3-7H2,1-2H3,(H2,13,19)(H,14,15). The van der Waals surface area contributed by atoms with Gasteiger partial charge in [0.1, 0.15) is 5.82 Å². The molecule has 1 saturated heterocycles. The molecular weight excluding hydrogens is 296 g/mol. The number of sulfonamides is 1. The molecule has 20 heavy (non-hydrogen) atoms. The van der Waals surface area contributed by atoms with Crippen molar-refractivity contribution in [2.45, 2.75) is 38.1 Å². The largest absolute Gasteiger partial charge is 0.393 e. The van der Waals surface area contributed by atoms with Gasteiger partial charge in [0.05, 0.1) is 11.2 Å². The fraction of sp³-hybridized carbons (Fsp3) is 0.667. The van der Waals surface area contributed by atoms with Crippen LogP contribution in [-0.4, -0.2) is 40.8 Å². The van der Waals surface area contributed by atoms with E-state index in [0.29, 0.717) is 43.2 Å². The summed E-state index contributed by atoms with van der Waals surface area (Å²) < 4.78 is 26.4. The van der Waals surface area contributed by atoms with Gasteiger partial charge < -0.3 is 10.7 Å². The van der Waals surface area contributed by atoms with Gasteiger partial charge in [0.15, 0.2) is 5.03 Å². The number of thiocarbonyl (C=S) groups is 1. The molecule has 2 rings (SSSR count). The normalized spacial score (nSPS) is 19.9. The molecule has 0 radical (unpaired) electrons. The van der Waals surface area contributed by atoms with Crippen molar-refractivity contribution in [3.8, 4) is 0 Å². The predicted molar refractivity (Wildman–Crippen MR) is 80.9 cm³/mol. The summed E-state index contributed by atoms with van der Waals surface area (Å²) >= 11 is 5.07. The van der Waals surface area contributed by atoms with Gasteiger partial charge in [0.2, 0.25) is 0 Å². The van der Waals surface area contributed by atoms with E-state index >= 15 is 0 Å². The van der Waals surface area contributed by atoms with Crippen LogP contribution in [0.2, 0.25) is 0 Å². The first-order valence-electron chi connectivity index (χ1n) is 6.63. The van der Waals surface area contributed by atoms with Crippen molar-refractivity contribution >= 4 is 27.2 Å². The van der Waals surface area contributed by atoms with Crippen molar-refractivity contribution < 1.29 is 8.42 Å². The molecule has 0 bridgehead atoms. The smallest absolute Gasteiger partial charge is 0.260 e. The lowest BCUT2D eigenvalue weighted by Gasteiger charge is -2.37. The number of piperidine rings is 1. The van der Waals surface area contributed by atoms with Crippen molar-refractivity contribution in [2.24, 2.45) is 11.1 Å². The molecule has 1 aromatic heterocycles. The van der Waals surface area contributed by atoms with Crippen molar-refractivity contribution in [3.05, 3.63) is 12.0 Å². The van der Waals surface area contributed by atoms with E-state index < -0.39 is 10.0 Å². The molecule has 0 aliphatic carbocycles. The lowest BCUT2D eigenvalue weighted by molar-refractivity contribution is 0.243. The molecule has 3 N–H and O–H groups in total. The van der Waals surface area contributed by atoms with Crippen LogP contribution in [0.1, 0.15) is 32.5 Å². The van der Waals surface area contributed by atoms with Gasteiger partial charge in [-0.3, -0.25) is 0 Å². The van der Waals surface area contributed by atoms with E-state index in [1.165, 1.54) is 10.5 Å². The van der Waals surface area contributed by atoms with Crippen LogP contribution in [-0.2, 0) is 16.4 Å². The highest BCUT2D eigenvalue weighted by Gasteiger charge is 2.37. The predicted octanol–water partition coefficient (Wildman–Crippen LogP) is 1.05. The van der Waals surface area contributed by atoms with E-state index in [2.05, 4.69) is 9.97 Å². The second-order valence-corrected chi connectivity index (χ2v) is 7.72. The molecule has 1 aliphatic heterocycles. The molecule has 0 unspecified atom stereocenters. The van der Waals surface area contributed by atoms with E-state index in [1.54, 1.807) is 0 Å². The SMILES string of the molecule is CCc1ncc(S(=O)(=O)N2CCC(C)(C(N)=S)CC2)[nH]1. The number of aryl methyl sites for hydroxylation is 1. The summed E-state index contributed by atoms with van der Waals surface area (Å²) in [6.07, 6.45) is 3.36. The zero-order chi connectivity index (χ0) is 15.0. The minimum Gasteiger partial charge on any atom is -0.393 e. The first-order chi connectivity index (χ1) is 9.29. The maximum absolute atomic E-state index is 12.5. The third-order valence-corrected chi connectivity index (χ3v) is 6.28. The van der Waals surface area contributed by atoms with Crippen LogP contribution in [0.15, 0.2) is 11.2 Å². The minimum absolute atomic E-state index is 0.160. The van der Waals surface area contributed by atoms with E-state index in [1.807, 2.05) is 13.8 Å². The van der Waals surface area contributed by atoms with Crippen molar-refractivity contribution in [2.75, 3.05) is 13.1 Å². The van der Waals surface area contributed by atoms with Crippen molar-refractivity contribution in [3.63, 3.8) is 0 Å². The van der Waals surface area contributed by atoms with Gasteiger partial charge in [-0.05, 0) is 12.8 Å². The maximum Gasteiger partial charge on any atom is 0.260 e. The molecule has 2 heterocycles. The molecule has 0 aromatic carbocycles. The number of aromatic amines is 1. The highest BCUT2D eigenvalue weighted by atomic mass is 32.2. The zero-order valence-corrected chi connectivity index (χ0v) is 13.4. The molecule has 1 fully saturated rings. The van der Waals surface area contributed by atoms with Crippen molar-refractivity contribution in [1.29, 1.82) is 0 Å². The van der Waals surface area contributed by atoms with Gasteiger partial charge >= 0.3 is 0 Å². The third-order valence-electron chi connectivity index (χ3n) is 3.98. The molecule has 112 valence electrons. The number of rotatable bonds is 4. The summed E-state index contributed by atoms with van der Waals surface area (Å²) in [6, 6.07) is 0. The van der Waals surface area contributed by atoms with Gasteiger partial charge in [0.25, 0.3) is 10.0 Å². The summed E-state index contributed by atoms with van der Waals surface area (Å²) in [5, 5.41) is 0.160. The first-order valence-corrected chi connectivity index (χ1v) is 8.48. The van der Waals surface area contributed by atoms with Crippen LogP contribution in [0.3, 0.4) is 0 Å². The average molecular weight is 316 g/mol. The Morgan fingerprint density at radius 1 is 1.55 bits per heavy atom. The van der Waals surface area contributed by atoms with Gasteiger partial charge in [-0.15, -0.1) is 0 Å². The number of hydrogen-bond acceptors (Lipinski definition) is 4. The highest BCUT2D eigenvalue weighted by molar-refractivity contribution is 7.89. The minimum atomic E-state index is -3.50. The fourth-order valence-electron chi connectivity index (χ4n) is 2.26. The molecule has 8 heteroatoms. The number of nitrogens with zero attached hydrogens (tertiary/aromatic N) is 2. The molecule has 1 aromatic rings. The molecule has 0 saturated carbocycles.